The number of imidazole rings is 1. The zero-order valence-electron chi connectivity index (χ0n) is 15.0. The lowest BCUT2D eigenvalue weighted by molar-refractivity contribution is -0.110. The highest BCUT2D eigenvalue weighted by atomic mass is 32.2. The molecule has 0 bridgehead atoms. The van der Waals surface area contributed by atoms with Gasteiger partial charge in [-0.05, 0) is 43.0 Å². The Morgan fingerprint density at radius 1 is 1.07 bits per heavy atom. The lowest BCUT2D eigenvalue weighted by Gasteiger charge is -2.14. The summed E-state index contributed by atoms with van der Waals surface area (Å²) in [4.78, 5) is 30.4. The number of Topliss-reactive ketones (excluding diaryl/α,β-unsaturated/α-hetero) is 1. The number of rotatable bonds is 2. The molecule has 0 unspecified atom stereocenters. The summed E-state index contributed by atoms with van der Waals surface area (Å²) in [6, 6.07) is 15.4. The first-order valence-corrected chi connectivity index (χ1v) is 10.2. The minimum absolute atomic E-state index is 0.128. The molecule has 0 saturated heterocycles. The van der Waals surface area contributed by atoms with Crippen molar-refractivity contribution in [1.82, 2.24) is 9.38 Å². The van der Waals surface area contributed by atoms with Crippen LogP contribution in [-0.2, 0) is 4.79 Å². The Hall–Kier alpha value is -2.97. The van der Waals surface area contributed by atoms with Gasteiger partial charge < -0.3 is 0 Å². The molecule has 8 heteroatoms. The number of carbonyl (C=O) groups is 1. The van der Waals surface area contributed by atoms with Crippen LogP contribution in [0.15, 0.2) is 58.4 Å². The molecule has 28 heavy (non-hydrogen) atoms. The standard InChI is InChI=1S/C20H14N4O2S2/c1-11-7-9-13(10-8-11)24-19(28-17(22-24)12(2)25)16-18(26)23-15-6-4-3-5-14(15)21-20(23)27-16/h3-10H,1-2H3/b19-16-. The fraction of sp³-hybridized carbons (Fsp3) is 0.100. The Morgan fingerprint density at radius 2 is 1.82 bits per heavy atom. The molecule has 2 aromatic carbocycles. The number of thiazole rings is 1. The summed E-state index contributed by atoms with van der Waals surface area (Å²) in [6.45, 7) is 3.49. The topological polar surface area (TPSA) is 67.0 Å². The zero-order chi connectivity index (χ0) is 19.4. The van der Waals surface area contributed by atoms with Crippen LogP contribution in [0.4, 0.5) is 5.69 Å². The fourth-order valence-electron chi connectivity index (χ4n) is 3.08. The zero-order valence-corrected chi connectivity index (χ0v) is 16.7. The molecule has 5 rings (SSSR count). The van der Waals surface area contributed by atoms with Gasteiger partial charge in [-0.1, -0.05) is 41.2 Å². The average Bonchev–Trinajstić information content (AvgIpc) is 3.35. The fourth-order valence-corrected chi connectivity index (χ4v) is 5.14. The van der Waals surface area contributed by atoms with Gasteiger partial charge in [0.2, 0.25) is 0 Å². The highest BCUT2D eigenvalue weighted by molar-refractivity contribution is 8.23. The highest BCUT2D eigenvalue weighted by Gasteiger charge is 2.28. The quantitative estimate of drug-likeness (QED) is 0.512. The number of carbonyl (C=O) groups excluding carboxylic acids is 1. The molecule has 138 valence electrons. The number of nitrogens with zero attached hydrogens (tertiary/aromatic N) is 4. The summed E-state index contributed by atoms with van der Waals surface area (Å²) in [7, 11) is 0. The summed E-state index contributed by atoms with van der Waals surface area (Å²) >= 11 is 2.55. The van der Waals surface area contributed by atoms with Gasteiger partial charge >= 0.3 is 0 Å². The predicted octanol–water partition coefficient (Wildman–Crippen LogP) is 3.16. The molecule has 1 aliphatic heterocycles. The van der Waals surface area contributed by atoms with Gasteiger partial charge in [0, 0.05) is 6.92 Å². The predicted molar refractivity (Wildman–Crippen MR) is 115 cm³/mol. The number of anilines is 1. The van der Waals surface area contributed by atoms with E-state index in [1.807, 2.05) is 55.5 Å². The van der Waals surface area contributed by atoms with Crippen molar-refractivity contribution in [3.05, 3.63) is 69.0 Å². The number of hydrogen-bond donors (Lipinski definition) is 0. The van der Waals surface area contributed by atoms with E-state index in [2.05, 4.69) is 10.1 Å². The van der Waals surface area contributed by atoms with E-state index in [0.717, 1.165) is 22.3 Å². The van der Waals surface area contributed by atoms with E-state index < -0.39 is 0 Å². The third-order valence-electron chi connectivity index (χ3n) is 4.47. The van der Waals surface area contributed by atoms with Gasteiger partial charge in [0.05, 0.1) is 16.7 Å². The Morgan fingerprint density at radius 3 is 2.57 bits per heavy atom. The lowest BCUT2D eigenvalue weighted by atomic mass is 10.2. The second-order valence-electron chi connectivity index (χ2n) is 6.47. The summed E-state index contributed by atoms with van der Waals surface area (Å²) in [5.74, 6) is -0.128. The van der Waals surface area contributed by atoms with Crippen molar-refractivity contribution in [1.29, 1.82) is 0 Å². The van der Waals surface area contributed by atoms with Crippen molar-refractivity contribution in [3.63, 3.8) is 0 Å². The first kappa shape index (κ1) is 17.2. The van der Waals surface area contributed by atoms with E-state index in [0.29, 0.717) is 19.6 Å². The first-order valence-electron chi connectivity index (χ1n) is 8.61. The Kier molecular flexibility index (Phi) is 3.85. The minimum atomic E-state index is -0.145. The van der Waals surface area contributed by atoms with E-state index in [1.54, 1.807) is 9.41 Å². The molecule has 0 radical (unpaired) electrons. The van der Waals surface area contributed by atoms with Crippen LogP contribution < -0.4 is 15.1 Å². The Bertz CT molecular complexity index is 1400. The maximum atomic E-state index is 13.2. The van der Waals surface area contributed by atoms with Gasteiger partial charge in [-0.25, -0.2) is 14.4 Å². The van der Waals surface area contributed by atoms with Crippen molar-refractivity contribution in [3.8, 4) is 0 Å². The second-order valence-corrected chi connectivity index (χ2v) is 8.43. The molecular weight excluding hydrogens is 392 g/mol. The SMILES string of the molecule is CC(=O)C1=NN(c2ccc(C)cc2)/C(=c2/sc3nc4ccccc4n3c2=O)S1. The van der Waals surface area contributed by atoms with Crippen LogP contribution in [0.1, 0.15) is 12.5 Å². The van der Waals surface area contributed by atoms with Crippen LogP contribution >= 0.6 is 23.1 Å². The van der Waals surface area contributed by atoms with E-state index in [-0.39, 0.29) is 11.3 Å². The second kappa shape index (κ2) is 6.29. The molecule has 1 aliphatic rings. The van der Waals surface area contributed by atoms with Crippen molar-refractivity contribution in [2.75, 3.05) is 5.01 Å². The Balaban J connectivity index is 1.79. The molecular formula is C20H14N4O2S2. The van der Waals surface area contributed by atoms with Gasteiger partial charge in [0.25, 0.3) is 5.56 Å². The summed E-state index contributed by atoms with van der Waals surface area (Å²) in [6.07, 6.45) is 0. The molecule has 0 amide bonds. The molecule has 6 nitrogen and oxygen atoms in total. The van der Waals surface area contributed by atoms with Gasteiger partial charge in [-0.15, -0.1) is 0 Å². The van der Waals surface area contributed by atoms with E-state index in [4.69, 9.17) is 0 Å². The number of fused-ring (bicyclic) bond motifs is 3. The van der Waals surface area contributed by atoms with Crippen molar-refractivity contribution in [2.45, 2.75) is 13.8 Å². The molecule has 0 atom stereocenters. The number of thioether (sulfide) groups is 1. The number of aromatic nitrogens is 2. The van der Waals surface area contributed by atoms with E-state index in [9.17, 15) is 9.59 Å². The van der Waals surface area contributed by atoms with Crippen LogP contribution in [0.2, 0.25) is 0 Å². The van der Waals surface area contributed by atoms with E-state index >= 15 is 0 Å². The lowest BCUT2D eigenvalue weighted by Crippen LogP contribution is -2.28. The molecule has 2 aromatic heterocycles. The van der Waals surface area contributed by atoms with Crippen LogP contribution in [0, 0.1) is 6.92 Å². The van der Waals surface area contributed by atoms with Crippen molar-refractivity contribution < 1.29 is 4.79 Å². The summed E-state index contributed by atoms with van der Waals surface area (Å²) in [5.41, 5.74) is 3.35. The molecule has 0 N–H and O–H groups in total. The normalized spacial score (nSPS) is 16.2. The van der Waals surface area contributed by atoms with Crippen LogP contribution in [0.5, 0.6) is 0 Å². The molecule has 0 aliphatic carbocycles. The Labute approximate surface area is 167 Å². The largest absolute Gasteiger partial charge is 0.292 e. The number of hydrogen-bond acceptors (Lipinski definition) is 7. The van der Waals surface area contributed by atoms with Crippen molar-refractivity contribution >= 4 is 60.6 Å². The van der Waals surface area contributed by atoms with Crippen molar-refractivity contribution in [2.24, 2.45) is 5.10 Å². The summed E-state index contributed by atoms with van der Waals surface area (Å²) < 4.78 is 2.15. The molecule has 3 heterocycles. The maximum Gasteiger partial charge on any atom is 0.277 e. The number of hydrazone groups is 1. The van der Waals surface area contributed by atoms with Gasteiger partial charge in [-0.2, -0.15) is 5.10 Å². The van der Waals surface area contributed by atoms with Crippen LogP contribution in [0.3, 0.4) is 0 Å². The number of ketones is 1. The summed E-state index contributed by atoms with van der Waals surface area (Å²) in [5, 5.41) is 7.15. The average molecular weight is 406 g/mol. The van der Waals surface area contributed by atoms with Crippen LogP contribution in [-0.4, -0.2) is 20.2 Å². The monoisotopic (exact) mass is 406 g/mol. The number of benzene rings is 2. The van der Waals surface area contributed by atoms with E-state index in [1.165, 1.54) is 30.0 Å². The van der Waals surface area contributed by atoms with Gasteiger partial charge in [0.1, 0.15) is 9.56 Å². The third-order valence-corrected chi connectivity index (χ3v) is 6.76. The number of aryl methyl sites for hydroxylation is 1. The molecule has 0 saturated carbocycles. The van der Waals surface area contributed by atoms with Crippen LogP contribution in [0.25, 0.3) is 21.0 Å². The molecule has 4 aromatic rings. The molecule has 0 spiro atoms. The third kappa shape index (κ3) is 2.56. The minimum Gasteiger partial charge on any atom is -0.292 e. The number of para-hydroxylation sites is 2. The molecule has 0 fully saturated rings. The maximum absolute atomic E-state index is 13.2. The smallest absolute Gasteiger partial charge is 0.277 e. The first-order chi connectivity index (χ1) is 13.5. The highest BCUT2D eigenvalue weighted by Crippen LogP contribution is 2.35. The van der Waals surface area contributed by atoms with Gasteiger partial charge in [-0.3, -0.25) is 9.59 Å². The van der Waals surface area contributed by atoms with Gasteiger partial charge in [0.15, 0.2) is 15.8 Å².